The van der Waals surface area contributed by atoms with Crippen LogP contribution in [-0.4, -0.2) is 67.4 Å². The Balaban J connectivity index is 2.16. The summed E-state index contributed by atoms with van der Waals surface area (Å²) in [6.07, 6.45) is 0. The Morgan fingerprint density at radius 2 is 2.06 bits per heavy atom. The second-order valence-corrected chi connectivity index (χ2v) is 4.03. The van der Waals surface area contributed by atoms with E-state index in [9.17, 15) is 9.59 Å². The number of ether oxygens (including phenoxy) is 1. The van der Waals surface area contributed by atoms with Crippen molar-refractivity contribution in [1.29, 1.82) is 0 Å². The Morgan fingerprint density at radius 1 is 1.41 bits per heavy atom. The van der Waals surface area contributed by atoms with Crippen LogP contribution >= 0.6 is 0 Å². The second kappa shape index (κ2) is 7.08. The third kappa shape index (κ3) is 6.08. The molecule has 0 saturated carbocycles. The number of nitrogens with one attached hydrogen (secondary N) is 2. The van der Waals surface area contributed by atoms with Crippen molar-refractivity contribution in [3.05, 3.63) is 0 Å². The van der Waals surface area contributed by atoms with Gasteiger partial charge in [-0.2, -0.15) is 0 Å². The summed E-state index contributed by atoms with van der Waals surface area (Å²) in [5, 5.41) is 13.3. The van der Waals surface area contributed by atoms with Crippen LogP contribution in [0, 0.1) is 0 Å². The van der Waals surface area contributed by atoms with E-state index >= 15 is 0 Å². The van der Waals surface area contributed by atoms with Crippen molar-refractivity contribution < 1.29 is 19.4 Å². The molecule has 0 bridgehead atoms. The zero-order valence-electron chi connectivity index (χ0n) is 9.94. The van der Waals surface area contributed by atoms with Gasteiger partial charge in [0.15, 0.2) is 0 Å². The molecule has 1 fully saturated rings. The van der Waals surface area contributed by atoms with Crippen molar-refractivity contribution in [2.45, 2.75) is 13.0 Å². The lowest BCUT2D eigenvalue weighted by atomic mass is 10.3. The molecule has 7 nitrogen and oxygen atoms in total. The molecule has 1 saturated heterocycles. The Labute approximate surface area is 100 Å². The molecule has 98 valence electrons. The topological polar surface area (TPSA) is 90.9 Å². The van der Waals surface area contributed by atoms with Crippen molar-refractivity contribution in [2.75, 3.05) is 39.4 Å². The largest absolute Gasteiger partial charge is 0.480 e. The number of carboxylic acid groups (broad SMARTS) is 1. The summed E-state index contributed by atoms with van der Waals surface area (Å²) >= 11 is 0. The molecule has 0 aromatic heterocycles. The first kappa shape index (κ1) is 13.7. The van der Waals surface area contributed by atoms with Gasteiger partial charge in [-0.25, -0.2) is 4.79 Å². The number of carbonyl (C=O) groups is 2. The molecule has 3 N–H and O–H groups in total. The van der Waals surface area contributed by atoms with Gasteiger partial charge in [-0.15, -0.1) is 0 Å². The molecule has 0 radical (unpaired) electrons. The van der Waals surface area contributed by atoms with Gasteiger partial charge in [0, 0.05) is 25.7 Å². The molecule has 1 atom stereocenters. The van der Waals surface area contributed by atoms with Crippen molar-refractivity contribution in [3.63, 3.8) is 0 Å². The van der Waals surface area contributed by atoms with E-state index in [0.29, 0.717) is 0 Å². The number of morpholine rings is 1. The summed E-state index contributed by atoms with van der Waals surface area (Å²) in [5.74, 6) is -1.05. The van der Waals surface area contributed by atoms with Gasteiger partial charge < -0.3 is 20.5 Å². The molecule has 0 aliphatic carbocycles. The van der Waals surface area contributed by atoms with E-state index in [4.69, 9.17) is 9.84 Å². The Bertz CT molecular complexity index is 266. The van der Waals surface area contributed by atoms with E-state index < -0.39 is 12.0 Å². The van der Waals surface area contributed by atoms with E-state index in [1.54, 1.807) is 0 Å². The molecule has 1 unspecified atom stereocenters. The first-order chi connectivity index (χ1) is 8.08. The first-order valence-corrected chi connectivity index (χ1v) is 5.64. The lowest BCUT2D eigenvalue weighted by Gasteiger charge is -2.29. The highest BCUT2D eigenvalue weighted by molar-refractivity contribution is 5.79. The number of hydrogen-bond acceptors (Lipinski definition) is 4. The normalized spacial score (nSPS) is 18.4. The zero-order valence-corrected chi connectivity index (χ0v) is 9.94. The fraction of sp³-hybridized carbons (Fsp3) is 0.800. The highest BCUT2D eigenvalue weighted by Crippen LogP contribution is 1.98. The van der Waals surface area contributed by atoms with Crippen LogP contribution < -0.4 is 10.6 Å². The van der Waals surface area contributed by atoms with Crippen molar-refractivity contribution >= 4 is 12.0 Å². The molecule has 0 aromatic rings. The Morgan fingerprint density at radius 3 is 2.65 bits per heavy atom. The molecule has 2 amide bonds. The average Bonchev–Trinajstić information content (AvgIpc) is 2.27. The maximum Gasteiger partial charge on any atom is 0.323 e. The van der Waals surface area contributed by atoms with E-state index in [-0.39, 0.29) is 12.6 Å². The summed E-state index contributed by atoms with van der Waals surface area (Å²) in [7, 11) is 0. The lowest BCUT2D eigenvalue weighted by Crippen LogP contribution is -2.49. The molecule has 1 aliphatic rings. The minimum absolute atomic E-state index is 0.0260. The van der Waals surface area contributed by atoms with E-state index in [1.807, 2.05) is 6.92 Å². The Kier molecular flexibility index (Phi) is 5.71. The number of amides is 2. The summed E-state index contributed by atoms with van der Waals surface area (Å²) in [4.78, 5) is 23.7. The van der Waals surface area contributed by atoms with Gasteiger partial charge in [-0.1, -0.05) is 0 Å². The molecule has 17 heavy (non-hydrogen) atoms. The smallest absolute Gasteiger partial charge is 0.323 e. The monoisotopic (exact) mass is 245 g/mol. The average molecular weight is 245 g/mol. The number of nitrogens with zero attached hydrogens (tertiary/aromatic N) is 1. The number of urea groups is 1. The van der Waals surface area contributed by atoms with E-state index in [1.165, 1.54) is 0 Å². The molecular formula is C10H19N3O4. The lowest BCUT2D eigenvalue weighted by molar-refractivity contribution is -0.135. The SMILES string of the molecule is CC(CN1CCOCC1)NC(=O)NCC(=O)O. The van der Waals surface area contributed by atoms with E-state index in [0.717, 1.165) is 32.8 Å². The minimum Gasteiger partial charge on any atom is -0.480 e. The summed E-state index contributed by atoms with van der Waals surface area (Å²) < 4.78 is 5.22. The van der Waals surface area contributed by atoms with Gasteiger partial charge in [-0.3, -0.25) is 9.69 Å². The molecule has 0 spiro atoms. The number of rotatable bonds is 5. The van der Waals surface area contributed by atoms with Crippen LogP contribution in [0.3, 0.4) is 0 Å². The maximum absolute atomic E-state index is 11.3. The predicted octanol–water partition coefficient (Wildman–Crippen LogP) is -0.909. The van der Waals surface area contributed by atoms with Crippen LogP contribution in [-0.2, 0) is 9.53 Å². The quantitative estimate of drug-likeness (QED) is 0.583. The number of carbonyl (C=O) groups excluding carboxylic acids is 1. The van der Waals surface area contributed by atoms with Crippen LogP contribution in [0.5, 0.6) is 0 Å². The maximum atomic E-state index is 11.3. The molecular weight excluding hydrogens is 226 g/mol. The molecule has 1 rings (SSSR count). The summed E-state index contributed by atoms with van der Waals surface area (Å²) in [6, 6.07) is -0.477. The van der Waals surface area contributed by atoms with Gasteiger partial charge in [0.25, 0.3) is 0 Å². The van der Waals surface area contributed by atoms with Crippen molar-refractivity contribution in [3.8, 4) is 0 Å². The van der Waals surface area contributed by atoms with Gasteiger partial charge in [0.1, 0.15) is 6.54 Å². The highest BCUT2D eigenvalue weighted by atomic mass is 16.5. The number of aliphatic carboxylic acids is 1. The van der Waals surface area contributed by atoms with Gasteiger partial charge in [0.2, 0.25) is 0 Å². The van der Waals surface area contributed by atoms with E-state index in [2.05, 4.69) is 15.5 Å². The molecule has 7 heteroatoms. The first-order valence-electron chi connectivity index (χ1n) is 5.64. The fourth-order valence-corrected chi connectivity index (χ4v) is 1.65. The standard InChI is InChI=1S/C10H19N3O4/c1-8(7-13-2-4-17-5-3-13)12-10(16)11-6-9(14)15/h8H,2-7H2,1H3,(H,14,15)(H2,11,12,16). The summed E-state index contributed by atoms with van der Waals surface area (Å²) in [5.41, 5.74) is 0. The third-order valence-corrected chi connectivity index (χ3v) is 2.41. The molecule has 1 aliphatic heterocycles. The minimum atomic E-state index is -1.05. The second-order valence-electron chi connectivity index (χ2n) is 4.03. The fourth-order valence-electron chi connectivity index (χ4n) is 1.65. The predicted molar refractivity (Wildman–Crippen MR) is 60.9 cm³/mol. The highest BCUT2D eigenvalue weighted by Gasteiger charge is 2.15. The van der Waals surface area contributed by atoms with Crippen molar-refractivity contribution in [2.24, 2.45) is 0 Å². The van der Waals surface area contributed by atoms with Crippen LogP contribution in [0.4, 0.5) is 4.79 Å². The van der Waals surface area contributed by atoms with Crippen LogP contribution in [0.15, 0.2) is 0 Å². The summed E-state index contributed by atoms with van der Waals surface area (Å²) in [6.45, 7) is 5.43. The van der Waals surface area contributed by atoms with Gasteiger partial charge in [0.05, 0.1) is 13.2 Å². The van der Waals surface area contributed by atoms with Crippen LogP contribution in [0.25, 0.3) is 0 Å². The van der Waals surface area contributed by atoms with Gasteiger partial charge in [-0.05, 0) is 6.92 Å². The zero-order chi connectivity index (χ0) is 12.7. The van der Waals surface area contributed by atoms with Crippen molar-refractivity contribution in [1.82, 2.24) is 15.5 Å². The third-order valence-electron chi connectivity index (χ3n) is 2.41. The number of hydrogen-bond donors (Lipinski definition) is 3. The molecule has 0 aromatic carbocycles. The Hall–Kier alpha value is -1.34. The number of carboxylic acids is 1. The van der Waals surface area contributed by atoms with Gasteiger partial charge >= 0.3 is 12.0 Å². The molecule has 1 heterocycles. The van der Waals surface area contributed by atoms with Crippen LogP contribution in [0.2, 0.25) is 0 Å². The van der Waals surface area contributed by atoms with Crippen LogP contribution in [0.1, 0.15) is 6.92 Å².